The van der Waals surface area contributed by atoms with Gasteiger partial charge in [0, 0.05) is 25.3 Å². The number of halogens is 1. The van der Waals surface area contributed by atoms with Crippen molar-refractivity contribution in [1.82, 2.24) is 5.32 Å². The van der Waals surface area contributed by atoms with Crippen LogP contribution in [0.1, 0.15) is 31.8 Å². The maximum absolute atomic E-state index is 12.6. The molecule has 0 saturated carbocycles. The van der Waals surface area contributed by atoms with Gasteiger partial charge in [0.15, 0.2) is 12.6 Å². The molecule has 27 heavy (non-hydrogen) atoms. The van der Waals surface area contributed by atoms with Crippen molar-refractivity contribution in [2.75, 3.05) is 33.1 Å². The average molecular weight is 368 g/mol. The Labute approximate surface area is 158 Å². The zero-order valence-corrected chi connectivity index (χ0v) is 15.7. The van der Waals surface area contributed by atoms with E-state index in [9.17, 15) is 14.0 Å². The Bertz CT molecular complexity index is 852. The van der Waals surface area contributed by atoms with Crippen molar-refractivity contribution in [3.63, 3.8) is 0 Å². The molecule has 0 spiro atoms. The lowest BCUT2D eigenvalue weighted by Gasteiger charge is -2.14. The van der Waals surface area contributed by atoms with Crippen molar-refractivity contribution >= 4 is 18.3 Å². The van der Waals surface area contributed by atoms with Gasteiger partial charge in [-0.2, -0.15) is 10.5 Å². The van der Waals surface area contributed by atoms with Crippen LogP contribution in [0.5, 0.6) is 0 Å². The van der Waals surface area contributed by atoms with Crippen LogP contribution in [0.2, 0.25) is 0 Å². The molecule has 0 atom stereocenters. The van der Waals surface area contributed by atoms with Gasteiger partial charge in [0.1, 0.15) is 5.82 Å². The molecule has 0 aliphatic carbocycles. The summed E-state index contributed by atoms with van der Waals surface area (Å²) in [7, 11) is 7.46. The minimum atomic E-state index is -0.598. The zero-order valence-electron chi connectivity index (χ0n) is 15.7. The van der Waals surface area contributed by atoms with Gasteiger partial charge < -0.3 is 10.2 Å². The molecule has 0 aliphatic rings. The van der Waals surface area contributed by atoms with E-state index in [0.717, 1.165) is 18.0 Å². The highest BCUT2D eigenvalue weighted by Gasteiger charge is 2.04. The van der Waals surface area contributed by atoms with Crippen molar-refractivity contribution in [3.8, 4) is 12.1 Å². The summed E-state index contributed by atoms with van der Waals surface area (Å²) in [5, 5.41) is 19.7. The van der Waals surface area contributed by atoms with Gasteiger partial charge in [-0.05, 0) is 50.5 Å². The summed E-state index contributed by atoms with van der Waals surface area (Å²) in [5.41, 5.74) is 2.09. The number of benzene rings is 2. The Morgan fingerprint density at radius 2 is 1.37 bits per heavy atom. The van der Waals surface area contributed by atoms with E-state index in [4.69, 9.17) is 10.5 Å². The number of rotatable bonds is 3. The third-order valence-corrected chi connectivity index (χ3v) is 3.02. The Hall–Kier alpha value is -3.55. The molecule has 2 rings (SSSR count). The van der Waals surface area contributed by atoms with Crippen LogP contribution >= 0.6 is 0 Å². The molecule has 2 aromatic rings. The van der Waals surface area contributed by atoms with Gasteiger partial charge in [-0.1, -0.05) is 0 Å². The van der Waals surface area contributed by atoms with Crippen LogP contribution in [0, 0.1) is 28.5 Å². The largest absolute Gasteiger partial charge is 0.377 e. The lowest BCUT2D eigenvalue weighted by atomic mass is 10.1. The van der Waals surface area contributed by atoms with E-state index in [2.05, 4.69) is 5.32 Å². The fraction of sp³-hybridized carbons (Fsp3) is 0.200. The van der Waals surface area contributed by atoms with Crippen molar-refractivity contribution < 1.29 is 14.0 Å². The Morgan fingerprint density at radius 1 is 0.926 bits per heavy atom. The zero-order chi connectivity index (χ0) is 20.8. The molecule has 0 radical (unpaired) electrons. The average Bonchev–Trinajstić information content (AvgIpc) is 2.68. The van der Waals surface area contributed by atoms with Gasteiger partial charge in [0.05, 0.1) is 28.8 Å². The van der Waals surface area contributed by atoms with Crippen LogP contribution in [0.3, 0.4) is 0 Å². The molecule has 0 fully saturated rings. The minimum Gasteiger partial charge on any atom is -0.377 e. The molecule has 140 valence electrons. The molecule has 0 heterocycles. The SMILES string of the molecule is CN(C)c1ccc(C#N)cc1C=O.CNC.N#Cc1ccc(F)c(C=O)c1. The highest BCUT2D eigenvalue weighted by molar-refractivity contribution is 5.85. The molecule has 0 aliphatic heterocycles. The molecule has 1 N–H and O–H groups in total. The highest BCUT2D eigenvalue weighted by atomic mass is 19.1. The predicted octanol–water partition coefficient (Wildman–Crippen LogP) is 2.78. The summed E-state index contributed by atoms with van der Waals surface area (Å²) in [6.45, 7) is 0. The Kier molecular flexibility index (Phi) is 11.1. The molecular formula is C20H21FN4O2. The van der Waals surface area contributed by atoms with Crippen molar-refractivity contribution in [3.05, 3.63) is 64.5 Å². The van der Waals surface area contributed by atoms with E-state index < -0.39 is 5.82 Å². The van der Waals surface area contributed by atoms with E-state index >= 15 is 0 Å². The monoisotopic (exact) mass is 368 g/mol. The number of anilines is 1. The smallest absolute Gasteiger partial charge is 0.153 e. The maximum atomic E-state index is 12.6. The molecule has 0 unspecified atom stereocenters. The first-order valence-corrected chi connectivity index (χ1v) is 7.78. The minimum absolute atomic E-state index is 0.0796. The van der Waals surface area contributed by atoms with E-state index in [1.165, 1.54) is 12.1 Å². The van der Waals surface area contributed by atoms with Crippen LogP contribution in [-0.2, 0) is 0 Å². The normalized spacial score (nSPS) is 8.56. The fourth-order valence-corrected chi connectivity index (χ4v) is 1.83. The summed E-state index contributed by atoms with van der Waals surface area (Å²) < 4.78 is 12.6. The van der Waals surface area contributed by atoms with E-state index in [1.807, 2.05) is 39.2 Å². The standard InChI is InChI=1S/C10H10N2O.C8H4FNO.C2H7N/c1-12(2)10-4-3-8(6-11)5-9(10)7-13;9-8-2-1-6(4-10)3-7(8)5-11;1-3-2/h3-5,7H,1-2H3;1-3,5H;3H,1-2H3. The van der Waals surface area contributed by atoms with Crippen molar-refractivity contribution in [1.29, 1.82) is 10.5 Å². The van der Waals surface area contributed by atoms with E-state index in [1.54, 1.807) is 24.3 Å². The number of carbonyl (C=O) groups is 2. The van der Waals surface area contributed by atoms with Gasteiger partial charge in [-0.25, -0.2) is 4.39 Å². The lowest BCUT2D eigenvalue weighted by molar-refractivity contribution is 0.111. The first kappa shape index (κ1) is 23.5. The topological polar surface area (TPSA) is 97.0 Å². The Morgan fingerprint density at radius 3 is 1.78 bits per heavy atom. The molecule has 7 heteroatoms. The molecule has 6 nitrogen and oxygen atoms in total. The number of carbonyl (C=O) groups excluding carboxylic acids is 2. The van der Waals surface area contributed by atoms with Crippen molar-refractivity contribution in [2.24, 2.45) is 0 Å². The summed E-state index contributed by atoms with van der Waals surface area (Å²) in [4.78, 5) is 22.6. The van der Waals surface area contributed by atoms with Crippen LogP contribution in [0.4, 0.5) is 10.1 Å². The van der Waals surface area contributed by atoms with Crippen molar-refractivity contribution in [2.45, 2.75) is 0 Å². The number of hydrogen-bond donors (Lipinski definition) is 1. The second-order valence-corrected chi connectivity index (χ2v) is 5.36. The first-order valence-electron chi connectivity index (χ1n) is 7.78. The number of hydrogen-bond acceptors (Lipinski definition) is 6. The number of nitriles is 2. The summed E-state index contributed by atoms with van der Waals surface area (Å²) in [6.07, 6.45) is 1.15. The molecule has 0 aromatic heterocycles. The third-order valence-electron chi connectivity index (χ3n) is 3.02. The Balaban J connectivity index is 0.000000442. The van der Waals surface area contributed by atoms with E-state index in [0.29, 0.717) is 17.4 Å². The predicted molar refractivity (Wildman–Crippen MR) is 102 cm³/mol. The summed E-state index contributed by atoms with van der Waals surface area (Å²) >= 11 is 0. The van der Waals surface area contributed by atoms with Gasteiger partial charge >= 0.3 is 0 Å². The third kappa shape index (κ3) is 7.91. The fourth-order valence-electron chi connectivity index (χ4n) is 1.83. The molecular weight excluding hydrogens is 347 g/mol. The maximum Gasteiger partial charge on any atom is 0.153 e. The highest BCUT2D eigenvalue weighted by Crippen LogP contribution is 2.17. The lowest BCUT2D eigenvalue weighted by Crippen LogP contribution is -2.11. The number of nitrogens with one attached hydrogen (secondary N) is 1. The number of nitrogens with zero attached hydrogens (tertiary/aromatic N) is 3. The van der Waals surface area contributed by atoms with Crippen LogP contribution in [0.25, 0.3) is 0 Å². The van der Waals surface area contributed by atoms with Crippen LogP contribution < -0.4 is 10.2 Å². The second-order valence-electron chi connectivity index (χ2n) is 5.36. The van der Waals surface area contributed by atoms with Gasteiger partial charge in [-0.3, -0.25) is 9.59 Å². The number of aldehydes is 2. The first-order chi connectivity index (χ1) is 12.9. The summed E-state index contributed by atoms with van der Waals surface area (Å²) in [6, 6.07) is 12.5. The van der Waals surface area contributed by atoms with Gasteiger partial charge in [0.25, 0.3) is 0 Å². The molecule has 0 amide bonds. The molecule has 2 aromatic carbocycles. The van der Waals surface area contributed by atoms with E-state index in [-0.39, 0.29) is 11.1 Å². The molecule has 0 saturated heterocycles. The quantitative estimate of drug-likeness (QED) is 0.837. The van der Waals surface area contributed by atoms with Gasteiger partial charge in [-0.15, -0.1) is 0 Å². The molecule has 0 bridgehead atoms. The van der Waals surface area contributed by atoms with Crippen LogP contribution in [-0.4, -0.2) is 40.8 Å². The summed E-state index contributed by atoms with van der Waals surface area (Å²) in [5.74, 6) is -0.598. The second kappa shape index (κ2) is 12.8. The van der Waals surface area contributed by atoms with Crippen LogP contribution in [0.15, 0.2) is 36.4 Å². The van der Waals surface area contributed by atoms with Gasteiger partial charge in [0.2, 0.25) is 0 Å².